The average Bonchev–Trinajstić information content (AvgIpc) is 3.22. The highest BCUT2D eigenvalue weighted by atomic mass is 16.7. The molecule has 1 amide bonds. The first kappa shape index (κ1) is 17.6. The molecule has 1 fully saturated rings. The van der Waals surface area contributed by atoms with E-state index in [1.807, 2.05) is 33.0 Å². The average molecular weight is 347 g/mol. The number of nitrogens with zero attached hydrogens (tertiary/aromatic N) is 4. The van der Waals surface area contributed by atoms with Gasteiger partial charge in [0.05, 0.1) is 25.0 Å². The summed E-state index contributed by atoms with van der Waals surface area (Å²) in [4.78, 5) is 24.3. The van der Waals surface area contributed by atoms with E-state index >= 15 is 0 Å². The van der Waals surface area contributed by atoms with Crippen molar-refractivity contribution in [2.45, 2.75) is 39.2 Å². The third-order valence-electron chi connectivity index (χ3n) is 3.91. The highest BCUT2D eigenvalue weighted by Crippen LogP contribution is 2.19. The molecule has 2 aromatic heterocycles. The van der Waals surface area contributed by atoms with Gasteiger partial charge < -0.3 is 9.64 Å². The van der Waals surface area contributed by atoms with Crippen LogP contribution in [-0.4, -0.2) is 52.4 Å². The van der Waals surface area contributed by atoms with Crippen molar-refractivity contribution in [3.8, 4) is 0 Å². The monoisotopic (exact) mass is 347 g/mol. The van der Waals surface area contributed by atoms with Gasteiger partial charge in [0.1, 0.15) is 11.4 Å². The summed E-state index contributed by atoms with van der Waals surface area (Å²) in [5, 5.41) is 4.18. The summed E-state index contributed by atoms with van der Waals surface area (Å²) in [6, 6.07) is 1.92. The van der Waals surface area contributed by atoms with Gasteiger partial charge in [0.25, 0.3) is 5.91 Å². The maximum absolute atomic E-state index is 12.3. The molecule has 8 nitrogen and oxygen atoms in total. The third kappa shape index (κ3) is 4.46. The Morgan fingerprint density at radius 3 is 2.76 bits per heavy atom. The molecule has 25 heavy (non-hydrogen) atoms. The number of hydrogen-bond acceptors (Lipinski definition) is 6. The number of ether oxygens (including phenoxy) is 1. The molecule has 0 atom stereocenters. The summed E-state index contributed by atoms with van der Waals surface area (Å²) in [6.45, 7) is 8.56. The standard InChI is InChI=1S/C17H25N5O3/c1-17(2,3)24-10-11-25-20-16(23)13-12-18-22-9-6-14(19-15(13)22)21-7-4-5-8-21/h6,9,12H,4-5,7-8,10-11H2,1-3H3,(H,20,23). The van der Waals surface area contributed by atoms with Crippen LogP contribution < -0.4 is 10.4 Å². The van der Waals surface area contributed by atoms with Crippen molar-refractivity contribution >= 4 is 17.4 Å². The molecule has 0 saturated carbocycles. The Kier molecular flexibility index (Phi) is 5.19. The molecule has 1 saturated heterocycles. The minimum Gasteiger partial charge on any atom is -0.373 e. The predicted molar refractivity (Wildman–Crippen MR) is 93.6 cm³/mol. The Hall–Kier alpha value is -2.19. The highest BCUT2D eigenvalue weighted by molar-refractivity contribution is 5.99. The number of hydrogen-bond donors (Lipinski definition) is 1. The number of hydroxylamine groups is 1. The van der Waals surface area contributed by atoms with E-state index in [1.165, 1.54) is 19.0 Å². The number of carbonyl (C=O) groups is 1. The molecule has 1 aliphatic rings. The summed E-state index contributed by atoms with van der Waals surface area (Å²) in [5.74, 6) is 0.510. The van der Waals surface area contributed by atoms with Crippen LogP contribution in [0.3, 0.4) is 0 Å². The van der Waals surface area contributed by atoms with Crippen molar-refractivity contribution in [3.63, 3.8) is 0 Å². The number of nitrogens with one attached hydrogen (secondary N) is 1. The van der Waals surface area contributed by atoms with Crippen molar-refractivity contribution in [1.82, 2.24) is 20.1 Å². The molecule has 8 heteroatoms. The molecule has 0 radical (unpaired) electrons. The second kappa shape index (κ2) is 7.37. The highest BCUT2D eigenvalue weighted by Gasteiger charge is 2.18. The minimum atomic E-state index is -0.364. The lowest BCUT2D eigenvalue weighted by Crippen LogP contribution is -2.28. The first-order valence-electron chi connectivity index (χ1n) is 8.59. The Morgan fingerprint density at radius 2 is 2.04 bits per heavy atom. The van der Waals surface area contributed by atoms with Crippen molar-refractivity contribution in [1.29, 1.82) is 0 Å². The maximum atomic E-state index is 12.3. The fraction of sp³-hybridized carbons (Fsp3) is 0.588. The normalized spacial score (nSPS) is 15.1. The molecule has 0 unspecified atom stereocenters. The van der Waals surface area contributed by atoms with E-state index in [1.54, 1.807) is 4.52 Å². The second-order valence-corrected chi connectivity index (χ2v) is 7.05. The zero-order chi connectivity index (χ0) is 17.9. The van der Waals surface area contributed by atoms with Gasteiger partial charge in [-0.25, -0.2) is 15.0 Å². The Labute approximate surface area is 147 Å². The van der Waals surface area contributed by atoms with Crippen molar-refractivity contribution in [2.24, 2.45) is 0 Å². The van der Waals surface area contributed by atoms with E-state index in [4.69, 9.17) is 9.57 Å². The number of aromatic nitrogens is 3. The smallest absolute Gasteiger partial charge is 0.280 e. The summed E-state index contributed by atoms with van der Waals surface area (Å²) in [7, 11) is 0. The van der Waals surface area contributed by atoms with Crippen LogP contribution in [-0.2, 0) is 9.57 Å². The van der Waals surface area contributed by atoms with Crippen molar-refractivity contribution < 1.29 is 14.4 Å². The summed E-state index contributed by atoms with van der Waals surface area (Å²) < 4.78 is 7.13. The molecular formula is C17H25N5O3. The lowest BCUT2D eigenvalue weighted by molar-refractivity contribution is -0.0511. The minimum absolute atomic E-state index is 0.230. The molecule has 136 valence electrons. The molecule has 0 aromatic carbocycles. The summed E-state index contributed by atoms with van der Waals surface area (Å²) >= 11 is 0. The second-order valence-electron chi connectivity index (χ2n) is 7.05. The lowest BCUT2D eigenvalue weighted by Gasteiger charge is -2.19. The van der Waals surface area contributed by atoms with Crippen LogP contribution in [0.15, 0.2) is 18.5 Å². The fourth-order valence-electron chi connectivity index (χ4n) is 2.70. The molecule has 0 bridgehead atoms. The molecular weight excluding hydrogens is 322 g/mol. The largest absolute Gasteiger partial charge is 0.373 e. The van der Waals surface area contributed by atoms with Gasteiger partial charge in [-0.15, -0.1) is 0 Å². The van der Waals surface area contributed by atoms with Crippen molar-refractivity contribution in [3.05, 3.63) is 24.0 Å². The van der Waals surface area contributed by atoms with E-state index in [-0.39, 0.29) is 18.1 Å². The van der Waals surface area contributed by atoms with Gasteiger partial charge >= 0.3 is 0 Å². The van der Waals surface area contributed by atoms with E-state index in [0.717, 1.165) is 18.9 Å². The Balaban J connectivity index is 1.62. The summed E-state index contributed by atoms with van der Waals surface area (Å²) in [6.07, 6.45) is 5.67. The van der Waals surface area contributed by atoms with Crippen LogP contribution in [0.5, 0.6) is 0 Å². The molecule has 2 aromatic rings. The number of carbonyl (C=O) groups excluding carboxylic acids is 1. The van der Waals surface area contributed by atoms with E-state index in [0.29, 0.717) is 17.8 Å². The molecule has 1 aliphatic heterocycles. The van der Waals surface area contributed by atoms with Gasteiger partial charge in [0, 0.05) is 19.3 Å². The predicted octanol–water partition coefficient (Wildman–Crippen LogP) is 1.81. The van der Waals surface area contributed by atoms with E-state index in [2.05, 4.69) is 20.5 Å². The number of fused-ring (bicyclic) bond motifs is 1. The number of anilines is 1. The van der Waals surface area contributed by atoms with Crippen LogP contribution in [0.4, 0.5) is 5.82 Å². The van der Waals surface area contributed by atoms with Gasteiger partial charge in [-0.05, 0) is 39.7 Å². The molecule has 1 N–H and O–H groups in total. The molecule has 3 heterocycles. The van der Waals surface area contributed by atoms with Crippen LogP contribution >= 0.6 is 0 Å². The fourth-order valence-corrected chi connectivity index (χ4v) is 2.70. The van der Waals surface area contributed by atoms with E-state index in [9.17, 15) is 4.79 Å². The molecule has 3 rings (SSSR count). The molecule has 0 spiro atoms. The van der Waals surface area contributed by atoms with Crippen LogP contribution in [0.1, 0.15) is 44.0 Å². The van der Waals surface area contributed by atoms with Crippen LogP contribution in [0.2, 0.25) is 0 Å². The van der Waals surface area contributed by atoms with E-state index < -0.39 is 0 Å². The lowest BCUT2D eigenvalue weighted by atomic mass is 10.2. The third-order valence-corrected chi connectivity index (χ3v) is 3.91. The quantitative estimate of drug-likeness (QED) is 0.634. The zero-order valence-electron chi connectivity index (χ0n) is 15.0. The van der Waals surface area contributed by atoms with Gasteiger partial charge in [0.15, 0.2) is 5.65 Å². The zero-order valence-corrected chi connectivity index (χ0v) is 15.0. The Morgan fingerprint density at radius 1 is 1.28 bits per heavy atom. The first-order valence-corrected chi connectivity index (χ1v) is 8.59. The Bertz CT molecular complexity index is 731. The van der Waals surface area contributed by atoms with Gasteiger partial charge in [-0.2, -0.15) is 5.10 Å². The van der Waals surface area contributed by atoms with Crippen LogP contribution in [0.25, 0.3) is 5.65 Å². The van der Waals surface area contributed by atoms with Crippen molar-refractivity contribution in [2.75, 3.05) is 31.2 Å². The number of amides is 1. The first-order chi connectivity index (χ1) is 11.9. The SMILES string of the molecule is CC(C)(C)OCCONC(=O)c1cnn2ccc(N3CCCC3)nc12. The van der Waals surface area contributed by atoms with Gasteiger partial charge in [-0.3, -0.25) is 9.63 Å². The maximum Gasteiger partial charge on any atom is 0.280 e. The molecule has 0 aliphatic carbocycles. The van der Waals surface area contributed by atoms with Crippen LogP contribution in [0, 0.1) is 0 Å². The topological polar surface area (TPSA) is 81.0 Å². The summed E-state index contributed by atoms with van der Waals surface area (Å²) in [5.41, 5.74) is 3.11. The van der Waals surface area contributed by atoms with Gasteiger partial charge in [0.2, 0.25) is 0 Å². The number of rotatable bonds is 6. The van der Waals surface area contributed by atoms with Gasteiger partial charge in [-0.1, -0.05) is 0 Å².